The van der Waals surface area contributed by atoms with E-state index in [2.05, 4.69) is 13.8 Å². The number of carbonyl (C=O) groups excluding carboxylic acids is 1. The first kappa shape index (κ1) is 15.1. The van der Waals surface area contributed by atoms with E-state index in [4.69, 9.17) is 0 Å². The van der Waals surface area contributed by atoms with Gasteiger partial charge in [0.05, 0.1) is 0 Å². The highest BCUT2D eigenvalue weighted by atomic mass is 16.4. The SMILES string of the molecule is C[C@@H]1CCC[C@H](C)N1C(=O)N1CCCCC1(C)C(=O)O. The molecule has 0 bridgehead atoms. The van der Waals surface area contributed by atoms with Crippen LogP contribution >= 0.6 is 0 Å². The van der Waals surface area contributed by atoms with Crippen molar-refractivity contribution < 1.29 is 14.7 Å². The smallest absolute Gasteiger partial charge is 0.329 e. The molecule has 0 aliphatic carbocycles. The maximum Gasteiger partial charge on any atom is 0.329 e. The highest BCUT2D eigenvalue weighted by Gasteiger charge is 2.46. The van der Waals surface area contributed by atoms with Crippen molar-refractivity contribution in [1.82, 2.24) is 9.80 Å². The van der Waals surface area contributed by atoms with Crippen LogP contribution in [0.3, 0.4) is 0 Å². The molecular weight excluding hydrogens is 256 g/mol. The van der Waals surface area contributed by atoms with E-state index in [9.17, 15) is 14.7 Å². The fourth-order valence-electron chi connectivity index (χ4n) is 3.59. The quantitative estimate of drug-likeness (QED) is 0.804. The zero-order valence-corrected chi connectivity index (χ0v) is 12.8. The van der Waals surface area contributed by atoms with E-state index in [-0.39, 0.29) is 18.1 Å². The van der Waals surface area contributed by atoms with Crippen LogP contribution in [0, 0.1) is 0 Å². The Bertz CT molecular complexity index is 389. The van der Waals surface area contributed by atoms with Crippen LogP contribution in [0.15, 0.2) is 0 Å². The number of likely N-dealkylation sites (tertiary alicyclic amines) is 2. The number of carboxylic acid groups (broad SMARTS) is 1. The van der Waals surface area contributed by atoms with Gasteiger partial charge in [0.15, 0.2) is 0 Å². The molecule has 2 saturated heterocycles. The molecule has 114 valence electrons. The van der Waals surface area contributed by atoms with Crippen molar-refractivity contribution in [3.8, 4) is 0 Å². The summed E-state index contributed by atoms with van der Waals surface area (Å²) in [6.45, 7) is 6.37. The third-order valence-electron chi connectivity index (χ3n) is 5.00. The number of hydrogen-bond donors (Lipinski definition) is 1. The van der Waals surface area contributed by atoms with Gasteiger partial charge in [0.2, 0.25) is 0 Å². The van der Waals surface area contributed by atoms with Crippen molar-refractivity contribution in [2.24, 2.45) is 0 Å². The summed E-state index contributed by atoms with van der Waals surface area (Å²) in [5.41, 5.74) is -1.05. The summed E-state index contributed by atoms with van der Waals surface area (Å²) in [6.07, 6.45) is 5.47. The third kappa shape index (κ3) is 2.50. The molecule has 2 amide bonds. The number of aliphatic carboxylic acids is 1. The molecule has 0 aromatic rings. The number of nitrogens with zero attached hydrogens (tertiary/aromatic N) is 2. The molecule has 20 heavy (non-hydrogen) atoms. The summed E-state index contributed by atoms with van der Waals surface area (Å²) in [4.78, 5) is 28.0. The molecule has 2 fully saturated rings. The fourth-order valence-corrected chi connectivity index (χ4v) is 3.59. The second kappa shape index (κ2) is 5.62. The maximum absolute atomic E-state index is 12.9. The van der Waals surface area contributed by atoms with E-state index < -0.39 is 11.5 Å². The van der Waals surface area contributed by atoms with E-state index in [1.54, 1.807) is 11.8 Å². The number of amides is 2. The molecule has 0 aromatic carbocycles. The lowest BCUT2D eigenvalue weighted by Crippen LogP contribution is -2.63. The monoisotopic (exact) mass is 282 g/mol. The third-order valence-corrected chi connectivity index (χ3v) is 5.00. The number of hydrogen-bond acceptors (Lipinski definition) is 2. The lowest BCUT2D eigenvalue weighted by molar-refractivity contribution is -0.151. The first-order chi connectivity index (χ1) is 9.38. The normalized spacial score (nSPS) is 35.0. The predicted octanol–water partition coefficient (Wildman–Crippen LogP) is 2.70. The second-order valence-corrected chi connectivity index (χ2v) is 6.51. The minimum atomic E-state index is -1.05. The molecule has 2 aliphatic heterocycles. The van der Waals surface area contributed by atoms with Gasteiger partial charge in [0, 0.05) is 18.6 Å². The van der Waals surface area contributed by atoms with Gasteiger partial charge in [0.25, 0.3) is 0 Å². The van der Waals surface area contributed by atoms with Crippen LogP contribution in [0.25, 0.3) is 0 Å². The van der Waals surface area contributed by atoms with E-state index in [1.165, 1.54) is 0 Å². The largest absolute Gasteiger partial charge is 0.480 e. The first-order valence-electron chi connectivity index (χ1n) is 7.71. The van der Waals surface area contributed by atoms with Crippen molar-refractivity contribution in [2.75, 3.05) is 6.54 Å². The number of carboxylic acids is 1. The number of urea groups is 1. The van der Waals surface area contributed by atoms with Crippen LogP contribution in [-0.4, -0.2) is 51.1 Å². The molecule has 2 aliphatic rings. The summed E-state index contributed by atoms with van der Waals surface area (Å²) in [7, 11) is 0. The van der Waals surface area contributed by atoms with Gasteiger partial charge >= 0.3 is 12.0 Å². The van der Waals surface area contributed by atoms with Gasteiger partial charge in [0.1, 0.15) is 5.54 Å². The molecule has 5 heteroatoms. The zero-order chi connectivity index (χ0) is 14.9. The molecule has 0 radical (unpaired) electrons. The van der Waals surface area contributed by atoms with Crippen LogP contribution in [0.2, 0.25) is 0 Å². The molecule has 1 unspecified atom stereocenters. The van der Waals surface area contributed by atoms with Crippen molar-refractivity contribution in [3.63, 3.8) is 0 Å². The standard InChI is InChI=1S/C15H26N2O3/c1-11-7-6-8-12(2)17(11)14(20)16-10-5-4-9-15(16,3)13(18)19/h11-12H,4-10H2,1-3H3,(H,18,19)/t11-,12+,15?. The summed E-state index contributed by atoms with van der Waals surface area (Å²) in [5.74, 6) is -0.886. The minimum absolute atomic E-state index is 0.0886. The predicted molar refractivity (Wildman–Crippen MR) is 76.6 cm³/mol. The van der Waals surface area contributed by atoms with Crippen molar-refractivity contribution in [2.45, 2.75) is 76.9 Å². The zero-order valence-electron chi connectivity index (χ0n) is 12.8. The van der Waals surface area contributed by atoms with Crippen molar-refractivity contribution in [1.29, 1.82) is 0 Å². The molecule has 1 N–H and O–H groups in total. The molecule has 0 aromatic heterocycles. The number of carbonyl (C=O) groups is 2. The highest BCUT2D eigenvalue weighted by molar-refractivity contribution is 5.86. The maximum atomic E-state index is 12.9. The molecule has 0 saturated carbocycles. The van der Waals surface area contributed by atoms with Crippen LogP contribution < -0.4 is 0 Å². The highest BCUT2D eigenvalue weighted by Crippen LogP contribution is 2.32. The van der Waals surface area contributed by atoms with E-state index in [1.807, 2.05) is 4.90 Å². The molecular formula is C15H26N2O3. The average molecular weight is 282 g/mol. The molecule has 0 spiro atoms. The minimum Gasteiger partial charge on any atom is -0.480 e. The lowest BCUT2D eigenvalue weighted by Gasteiger charge is -2.48. The molecule has 5 nitrogen and oxygen atoms in total. The first-order valence-corrected chi connectivity index (χ1v) is 7.71. The van der Waals surface area contributed by atoms with Gasteiger partial charge in [-0.25, -0.2) is 9.59 Å². The van der Waals surface area contributed by atoms with E-state index in [0.29, 0.717) is 13.0 Å². The van der Waals surface area contributed by atoms with Crippen LogP contribution in [-0.2, 0) is 4.79 Å². The van der Waals surface area contributed by atoms with E-state index in [0.717, 1.165) is 32.1 Å². The van der Waals surface area contributed by atoms with E-state index >= 15 is 0 Å². The van der Waals surface area contributed by atoms with Gasteiger partial charge in [-0.3, -0.25) is 0 Å². The Kier molecular flexibility index (Phi) is 4.25. The number of piperidine rings is 2. The summed E-state index contributed by atoms with van der Waals surface area (Å²) in [6, 6.07) is 0.312. The Balaban J connectivity index is 2.23. The summed E-state index contributed by atoms with van der Waals surface area (Å²) >= 11 is 0. The van der Waals surface area contributed by atoms with Gasteiger partial charge in [-0.15, -0.1) is 0 Å². The van der Waals surface area contributed by atoms with Crippen LogP contribution in [0.4, 0.5) is 4.79 Å². The summed E-state index contributed by atoms with van der Waals surface area (Å²) < 4.78 is 0. The Hall–Kier alpha value is -1.26. The Morgan fingerprint density at radius 2 is 1.70 bits per heavy atom. The Morgan fingerprint density at radius 1 is 1.10 bits per heavy atom. The van der Waals surface area contributed by atoms with Gasteiger partial charge in [-0.1, -0.05) is 0 Å². The summed E-state index contributed by atoms with van der Waals surface area (Å²) in [5, 5.41) is 9.53. The second-order valence-electron chi connectivity index (χ2n) is 6.51. The Labute approximate surface area is 120 Å². The number of rotatable bonds is 1. The molecule has 2 heterocycles. The van der Waals surface area contributed by atoms with Crippen LogP contribution in [0.1, 0.15) is 59.3 Å². The van der Waals surface area contributed by atoms with Crippen molar-refractivity contribution >= 4 is 12.0 Å². The Morgan fingerprint density at radius 3 is 2.25 bits per heavy atom. The van der Waals surface area contributed by atoms with Gasteiger partial charge in [-0.05, 0) is 59.3 Å². The lowest BCUT2D eigenvalue weighted by atomic mass is 9.88. The van der Waals surface area contributed by atoms with Gasteiger partial charge < -0.3 is 14.9 Å². The topological polar surface area (TPSA) is 60.9 Å². The average Bonchev–Trinajstić information content (AvgIpc) is 2.38. The fraction of sp³-hybridized carbons (Fsp3) is 0.867. The van der Waals surface area contributed by atoms with Crippen molar-refractivity contribution in [3.05, 3.63) is 0 Å². The molecule has 2 rings (SSSR count). The van der Waals surface area contributed by atoms with Crippen LogP contribution in [0.5, 0.6) is 0 Å². The molecule has 3 atom stereocenters. The van der Waals surface area contributed by atoms with Gasteiger partial charge in [-0.2, -0.15) is 0 Å².